The third-order valence-corrected chi connectivity index (χ3v) is 10.0. The lowest BCUT2D eigenvalue weighted by atomic mass is 9.44. The summed E-state index contributed by atoms with van der Waals surface area (Å²) in [5.41, 5.74) is 2.84. The summed E-state index contributed by atoms with van der Waals surface area (Å²) in [6, 6.07) is 6.08. The molecule has 0 radical (unpaired) electrons. The molecule has 0 spiro atoms. The van der Waals surface area contributed by atoms with E-state index < -0.39 is 0 Å². The van der Waals surface area contributed by atoms with Crippen LogP contribution in [0.1, 0.15) is 75.3 Å². The predicted molar refractivity (Wildman–Crippen MR) is 132 cm³/mol. The second kappa shape index (κ2) is 9.36. The van der Waals surface area contributed by atoms with Gasteiger partial charge < -0.3 is 14.9 Å². The van der Waals surface area contributed by atoms with Gasteiger partial charge in [0.05, 0.1) is 19.3 Å². The van der Waals surface area contributed by atoms with Crippen LogP contribution in [-0.4, -0.2) is 54.1 Å². The number of ether oxygens (including phenoxy) is 1. The third-order valence-electron chi connectivity index (χ3n) is 10.0. The minimum atomic E-state index is -0.190. The van der Waals surface area contributed by atoms with Crippen LogP contribution in [0, 0.1) is 22.7 Å². The number of allylic oxidation sites excluding steroid dienone is 1. The van der Waals surface area contributed by atoms with Gasteiger partial charge in [-0.2, -0.15) is 0 Å². The largest absolute Gasteiger partial charge is 0.508 e. The molecule has 1 aliphatic heterocycles. The van der Waals surface area contributed by atoms with Gasteiger partial charge in [-0.3, -0.25) is 4.90 Å². The normalized spacial score (nSPS) is 38.4. The van der Waals surface area contributed by atoms with Gasteiger partial charge in [-0.15, -0.1) is 6.58 Å². The first-order valence-electron chi connectivity index (χ1n) is 13.4. The van der Waals surface area contributed by atoms with Crippen LogP contribution in [0.15, 0.2) is 30.9 Å². The number of rotatable bonds is 7. The first-order valence-corrected chi connectivity index (χ1v) is 13.4. The Morgan fingerprint density at radius 3 is 2.79 bits per heavy atom. The van der Waals surface area contributed by atoms with E-state index in [0.29, 0.717) is 23.5 Å². The summed E-state index contributed by atoms with van der Waals surface area (Å²) < 4.78 is 5.48. The van der Waals surface area contributed by atoms with E-state index in [1.165, 1.54) is 43.4 Å². The van der Waals surface area contributed by atoms with Crippen molar-refractivity contribution in [2.24, 2.45) is 22.7 Å². The Morgan fingerprint density at radius 2 is 2.00 bits per heavy atom. The Labute approximate surface area is 200 Å². The summed E-state index contributed by atoms with van der Waals surface area (Å²) in [6.45, 7) is 11.9. The Bertz CT molecular complexity index is 849. The summed E-state index contributed by atoms with van der Waals surface area (Å²) in [7, 11) is 0. The highest BCUT2D eigenvalue weighted by Crippen LogP contribution is 2.69. The molecule has 2 N–H and O–H groups in total. The third kappa shape index (κ3) is 4.06. The first kappa shape index (κ1) is 23.4. The number of aliphatic hydroxyl groups excluding tert-OH is 1. The molecule has 4 nitrogen and oxygen atoms in total. The van der Waals surface area contributed by atoms with Crippen molar-refractivity contribution in [3.63, 3.8) is 0 Å². The first-order chi connectivity index (χ1) is 16.0. The Morgan fingerprint density at radius 1 is 1.18 bits per heavy atom. The Kier molecular flexibility index (Phi) is 6.63. The van der Waals surface area contributed by atoms with Crippen LogP contribution in [0.25, 0.3) is 0 Å². The maximum absolute atomic E-state index is 11.1. The molecule has 0 amide bonds. The van der Waals surface area contributed by atoms with Crippen molar-refractivity contribution in [1.82, 2.24) is 4.90 Å². The number of aryl methyl sites for hydroxylation is 1. The molecule has 1 heterocycles. The van der Waals surface area contributed by atoms with E-state index >= 15 is 0 Å². The fourth-order valence-electron chi connectivity index (χ4n) is 8.44. The van der Waals surface area contributed by atoms with E-state index in [0.717, 1.165) is 58.4 Å². The van der Waals surface area contributed by atoms with Gasteiger partial charge in [0.25, 0.3) is 0 Å². The molecule has 3 fully saturated rings. The van der Waals surface area contributed by atoms with Gasteiger partial charge in [0.2, 0.25) is 0 Å². The van der Waals surface area contributed by atoms with Gasteiger partial charge in [0.1, 0.15) is 5.75 Å². The smallest absolute Gasteiger partial charge is 0.115 e. The lowest BCUT2D eigenvalue weighted by molar-refractivity contribution is -0.0812. The maximum atomic E-state index is 11.1. The van der Waals surface area contributed by atoms with Crippen LogP contribution < -0.4 is 0 Å². The molecule has 182 valence electrons. The van der Waals surface area contributed by atoms with E-state index in [1.807, 2.05) is 12.1 Å². The lowest BCUT2D eigenvalue weighted by Gasteiger charge is -2.60. The molecule has 1 aromatic carbocycles. The molecule has 6 atom stereocenters. The molecular weight excluding hydrogens is 410 g/mol. The van der Waals surface area contributed by atoms with Crippen molar-refractivity contribution in [3.8, 4) is 5.75 Å². The highest BCUT2D eigenvalue weighted by atomic mass is 16.5. The number of unbranched alkanes of at least 4 members (excludes halogenated alkanes) is 2. The topological polar surface area (TPSA) is 52.9 Å². The van der Waals surface area contributed by atoms with Crippen molar-refractivity contribution in [2.45, 2.75) is 76.7 Å². The van der Waals surface area contributed by atoms with E-state index in [1.54, 1.807) is 0 Å². The number of aliphatic hydroxyl groups is 1. The number of hydrogen-bond acceptors (Lipinski definition) is 4. The monoisotopic (exact) mass is 453 g/mol. The number of nitrogens with zero attached hydrogens (tertiary/aromatic N) is 1. The SMILES string of the molecule is C=CC12CCc3cc(O)ccc3[C@H]1[C@@H](CCCCCN1CCOCC1)C[C@]1(C)[C@@H](O)CC[C@@H]21. The van der Waals surface area contributed by atoms with Crippen LogP contribution in [0.5, 0.6) is 5.75 Å². The number of hydrogen-bond donors (Lipinski definition) is 2. The van der Waals surface area contributed by atoms with E-state index in [4.69, 9.17) is 4.74 Å². The Balaban J connectivity index is 1.36. The van der Waals surface area contributed by atoms with Crippen molar-refractivity contribution >= 4 is 0 Å². The molecule has 1 unspecified atom stereocenters. The highest BCUT2D eigenvalue weighted by Gasteiger charge is 2.63. The number of morpholine rings is 1. The van der Waals surface area contributed by atoms with Crippen LogP contribution in [0.2, 0.25) is 0 Å². The van der Waals surface area contributed by atoms with Gasteiger partial charge in [0.15, 0.2) is 0 Å². The van der Waals surface area contributed by atoms with Crippen LogP contribution in [0.4, 0.5) is 0 Å². The number of fused-ring (bicyclic) bond motifs is 5. The van der Waals surface area contributed by atoms with Crippen molar-refractivity contribution in [1.29, 1.82) is 0 Å². The molecule has 0 bridgehead atoms. The van der Waals surface area contributed by atoms with Gasteiger partial charge in [-0.1, -0.05) is 31.9 Å². The zero-order valence-corrected chi connectivity index (χ0v) is 20.5. The average Bonchev–Trinajstić information content (AvgIpc) is 3.13. The average molecular weight is 454 g/mol. The number of benzene rings is 1. The zero-order chi connectivity index (χ0) is 23.1. The fraction of sp³-hybridized carbons (Fsp3) is 0.724. The molecule has 33 heavy (non-hydrogen) atoms. The van der Waals surface area contributed by atoms with Crippen molar-refractivity contribution in [2.75, 3.05) is 32.8 Å². The fourth-order valence-corrected chi connectivity index (χ4v) is 8.44. The molecule has 3 aliphatic carbocycles. The summed E-state index contributed by atoms with van der Waals surface area (Å²) in [4.78, 5) is 2.54. The summed E-state index contributed by atoms with van der Waals surface area (Å²) in [5.74, 6) is 1.91. The van der Waals surface area contributed by atoms with E-state index in [9.17, 15) is 10.2 Å². The van der Waals surface area contributed by atoms with Gasteiger partial charge >= 0.3 is 0 Å². The molecule has 5 rings (SSSR count). The molecular formula is C29H43NO3. The molecule has 4 heteroatoms. The van der Waals surface area contributed by atoms with Crippen LogP contribution in [0.3, 0.4) is 0 Å². The molecule has 1 aromatic rings. The summed E-state index contributed by atoms with van der Waals surface area (Å²) in [6.07, 6.45) is 12.4. The van der Waals surface area contributed by atoms with Gasteiger partial charge in [0, 0.05) is 13.1 Å². The maximum Gasteiger partial charge on any atom is 0.115 e. The van der Waals surface area contributed by atoms with Crippen LogP contribution >= 0.6 is 0 Å². The standard InChI is InChI=1S/C29H43NO3/c1-3-29-13-12-21-19-23(31)8-9-24(21)27(29)22(20-28(2)25(29)10-11-26(28)32)7-5-4-6-14-30-15-17-33-18-16-30/h3,8-9,19,22,25-27,31-32H,1,4-7,10-18,20H2,2H3/t22-,25+,26-,27+,28-,29?/m0/s1. The minimum Gasteiger partial charge on any atom is -0.508 e. The van der Waals surface area contributed by atoms with Crippen molar-refractivity contribution in [3.05, 3.63) is 42.0 Å². The molecule has 4 aliphatic rings. The Hall–Kier alpha value is -1.36. The zero-order valence-electron chi connectivity index (χ0n) is 20.5. The van der Waals surface area contributed by atoms with E-state index in [-0.39, 0.29) is 16.9 Å². The second-order valence-electron chi connectivity index (χ2n) is 11.6. The lowest BCUT2D eigenvalue weighted by Crippen LogP contribution is -2.54. The molecule has 2 saturated carbocycles. The van der Waals surface area contributed by atoms with Crippen molar-refractivity contribution < 1.29 is 14.9 Å². The quantitative estimate of drug-likeness (QED) is 0.435. The summed E-state index contributed by atoms with van der Waals surface area (Å²) in [5, 5.41) is 21.2. The number of phenolic OH excluding ortho intramolecular Hbond substituents is 1. The van der Waals surface area contributed by atoms with Gasteiger partial charge in [-0.25, -0.2) is 0 Å². The molecule has 0 aromatic heterocycles. The molecule has 1 saturated heterocycles. The van der Waals surface area contributed by atoms with E-state index in [2.05, 4.69) is 30.5 Å². The van der Waals surface area contributed by atoms with Gasteiger partial charge in [-0.05, 0) is 103 Å². The van der Waals surface area contributed by atoms with Crippen LogP contribution in [-0.2, 0) is 11.2 Å². The predicted octanol–water partition coefficient (Wildman–Crippen LogP) is 5.28. The minimum absolute atomic E-state index is 0.00240. The highest BCUT2D eigenvalue weighted by molar-refractivity contribution is 5.43. The number of phenols is 1. The summed E-state index contributed by atoms with van der Waals surface area (Å²) >= 11 is 0. The number of aromatic hydroxyl groups is 1. The second-order valence-corrected chi connectivity index (χ2v) is 11.6.